The average molecular weight is 255 g/mol. The molecule has 4 heteroatoms. The predicted octanol–water partition coefficient (Wildman–Crippen LogP) is 2.72. The van der Waals surface area contributed by atoms with Gasteiger partial charge in [-0.05, 0) is 31.4 Å². The number of rotatable bonds is 2. The largest absolute Gasteiger partial charge is 0.326 e. The smallest absolute Gasteiger partial charge is 0.129 e. The molecule has 2 atom stereocenters. The lowest BCUT2D eigenvalue weighted by atomic mass is 10.00. The summed E-state index contributed by atoms with van der Waals surface area (Å²) < 4.78 is 14.0. The van der Waals surface area contributed by atoms with Crippen molar-refractivity contribution in [1.82, 2.24) is 4.90 Å². The first-order chi connectivity index (χ1) is 8.18. The van der Waals surface area contributed by atoms with Crippen LogP contribution in [0, 0.1) is 5.82 Å². The number of nitrogens with two attached hydrogens (primary N) is 1. The van der Waals surface area contributed by atoms with Gasteiger partial charge in [-0.15, -0.1) is 0 Å². The summed E-state index contributed by atoms with van der Waals surface area (Å²) in [7, 11) is 0. The van der Waals surface area contributed by atoms with Crippen LogP contribution in [-0.4, -0.2) is 23.5 Å². The fourth-order valence-electron chi connectivity index (χ4n) is 2.83. The van der Waals surface area contributed by atoms with Crippen molar-refractivity contribution >= 4 is 11.6 Å². The summed E-state index contributed by atoms with van der Waals surface area (Å²) >= 11 is 6.14. The molecule has 1 aromatic carbocycles. The Hall–Kier alpha value is -0.640. The van der Waals surface area contributed by atoms with Crippen LogP contribution in [0.5, 0.6) is 0 Å². The SMILES string of the molecule is NC1CCN(C2CC2)C1c1c(F)cccc1Cl. The van der Waals surface area contributed by atoms with E-state index in [1.54, 1.807) is 12.1 Å². The zero-order valence-corrected chi connectivity index (χ0v) is 10.3. The Morgan fingerprint density at radius 2 is 2.06 bits per heavy atom. The fourth-order valence-corrected chi connectivity index (χ4v) is 3.10. The van der Waals surface area contributed by atoms with Gasteiger partial charge >= 0.3 is 0 Å². The van der Waals surface area contributed by atoms with E-state index in [2.05, 4.69) is 4.90 Å². The van der Waals surface area contributed by atoms with E-state index in [-0.39, 0.29) is 17.9 Å². The molecule has 2 aliphatic rings. The topological polar surface area (TPSA) is 29.3 Å². The van der Waals surface area contributed by atoms with E-state index < -0.39 is 0 Å². The quantitative estimate of drug-likeness (QED) is 0.879. The Labute approximate surface area is 106 Å². The summed E-state index contributed by atoms with van der Waals surface area (Å²) in [5, 5.41) is 0.498. The Morgan fingerprint density at radius 1 is 1.29 bits per heavy atom. The number of likely N-dealkylation sites (tertiary alicyclic amines) is 1. The minimum absolute atomic E-state index is 0.00926. The van der Waals surface area contributed by atoms with Gasteiger partial charge in [-0.3, -0.25) is 4.90 Å². The van der Waals surface area contributed by atoms with Gasteiger partial charge in [-0.1, -0.05) is 17.7 Å². The summed E-state index contributed by atoms with van der Waals surface area (Å²) in [4.78, 5) is 2.33. The number of hydrogen-bond donors (Lipinski definition) is 1. The predicted molar refractivity (Wildman–Crippen MR) is 66.5 cm³/mol. The van der Waals surface area contributed by atoms with Crippen molar-refractivity contribution in [3.63, 3.8) is 0 Å². The third-order valence-electron chi connectivity index (χ3n) is 3.79. The molecule has 0 radical (unpaired) electrons. The van der Waals surface area contributed by atoms with Gasteiger partial charge in [0.1, 0.15) is 5.82 Å². The molecule has 1 aliphatic heterocycles. The normalized spacial score (nSPS) is 29.8. The molecule has 17 heavy (non-hydrogen) atoms. The van der Waals surface area contributed by atoms with Crippen molar-refractivity contribution in [3.05, 3.63) is 34.6 Å². The molecule has 92 valence electrons. The van der Waals surface area contributed by atoms with Crippen LogP contribution < -0.4 is 5.73 Å². The molecular weight excluding hydrogens is 239 g/mol. The molecule has 0 spiro atoms. The van der Waals surface area contributed by atoms with E-state index in [9.17, 15) is 4.39 Å². The van der Waals surface area contributed by atoms with Gasteiger partial charge in [0.05, 0.1) is 6.04 Å². The summed E-state index contributed by atoms with van der Waals surface area (Å²) in [5.41, 5.74) is 6.73. The summed E-state index contributed by atoms with van der Waals surface area (Å²) in [5.74, 6) is -0.231. The van der Waals surface area contributed by atoms with Gasteiger partial charge in [-0.25, -0.2) is 4.39 Å². The van der Waals surface area contributed by atoms with E-state index in [4.69, 9.17) is 17.3 Å². The Morgan fingerprint density at radius 3 is 2.71 bits per heavy atom. The van der Waals surface area contributed by atoms with Crippen molar-refractivity contribution in [2.45, 2.75) is 37.4 Å². The molecule has 2 unspecified atom stereocenters. The molecule has 1 saturated heterocycles. The monoisotopic (exact) mass is 254 g/mol. The van der Waals surface area contributed by atoms with Crippen LogP contribution in [0.1, 0.15) is 30.9 Å². The van der Waals surface area contributed by atoms with Crippen molar-refractivity contribution < 1.29 is 4.39 Å². The second-order valence-corrected chi connectivity index (χ2v) is 5.41. The average Bonchev–Trinajstić information content (AvgIpc) is 3.05. The highest BCUT2D eigenvalue weighted by atomic mass is 35.5. The maximum Gasteiger partial charge on any atom is 0.129 e. The number of benzene rings is 1. The molecule has 0 amide bonds. The summed E-state index contributed by atoms with van der Waals surface area (Å²) in [6.45, 7) is 0.959. The fraction of sp³-hybridized carbons (Fsp3) is 0.538. The molecule has 0 aromatic heterocycles. The Bertz CT molecular complexity index is 413. The first-order valence-corrected chi connectivity index (χ1v) is 6.51. The third-order valence-corrected chi connectivity index (χ3v) is 4.12. The van der Waals surface area contributed by atoms with Crippen molar-refractivity contribution in [2.24, 2.45) is 5.73 Å². The number of halogens is 2. The number of hydrogen-bond acceptors (Lipinski definition) is 2. The summed E-state index contributed by atoms with van der Waals surface area (Å²) in [6.07, 6.45) is 3.33. The highest BCUT2D eigenvalue weighted by Crippen LogP contribution is 2.42. The Balaban J connectivity index is 2.00. The lowest BCUT2D eigenvalue weighted by molar-refractivity contribution is 0.233. The van der Waals surface area contributed by atoms with Crippen molar-refractivity contribution in [2.75, 3.05) is 6.54 Å². The Kier molecular flexibility index (Phi) is 2.85. The molecule has 2 nitrogen and oxygen atoms in total. The second-order valence-electron chi connectivity index (χ2n) is 5.00. The lowest BCUT2D eigenvalue weighted by Gasteiger charge is -2.28. The van der Waals surface area contributed by atoms with Crippen LogP contribution in [0.2, 0.25) is 5.02 Å². The molecule has 1 aliphatic carbocycles. The van der Waals surface area contributed by atoms with E-state index in [1.807, 2.05) is 0 Å². The van der Waals surface area contributed by atoms with E-state index in [0.29, 0.717) is 16.6 Å². The first-order valence-electron chi connectivity index (χ1n) is 6.13. The van der Waals surface area contributed by atoms with Gasteiger partial charge < -0.3 is 5.73 Å². The van der Waals surface area contributed by atoms with Gasteiger partial charge in [0.25, 0.3) is 0 Å². The third kappa shape index (κ3) is 1.96. The van der Waals surface area contributed by atoms with Gasteiger partial charge in [0.15, 0.2) is 0 Å². The lowest BCUT2D eigenvalue weighted by Crippen LogP contribution is -2.34. The highest BCUT2D eigenvalue weighted by molar-refractivity contribution is 6.31. The molecule has 1 aromatic rings. The van der Waals surface area contributed by atoms with E-state index >= 15 is 0 Å². The zero-order chi connectivity index (χ0) is 12.0. The van der Waals surface area contributed by atoms with Crippen molar-refractivity contribution in [3.8, 4) is 0 Å². The number of nitrogens with zero attached hydrogens (tertiary/aromatic N) is 1. The first kappa shape index (κ1) is 11.5. The van der Waals surface area contributed by atoms with Crippen LogP contribution in [0.3, 0.4) is 0 Å². The zero-order valence-electron chi connectivity index (χ0n) is 9.57. The molecule has 3 rings (SSSR count). The molecular formula is C13H16ClFN2. The van der Waals surface area contributed by atoms with Gasteiger partial charge in [0, 0.05) is 29.2 Å². The van der Waals surface area contributed by atoms with Crippen LogP contribution in [-0.2, 0) is 0 Å². The van der Waals surface area contributed by atoms with Crippen molar-refractivity contribution in [1.29, 1.82) is 0 Å². The van der Waals surface area contributed by atoms with Gasteiger partial charge in [-0.2, -0.15) is 0 Å². The molecule has 1 saturated carbocycles. The molecule has 2 fully saturated rings. The minimum atomic E-state index is -0.231. The maximum atomic E-state index is 14.0. The van der Waals surface area contributed by atoms with Gasteiger partial charge in [0.2, 0.25) is 0 Å². The van der Waals surface area contributed by atoms with Crippen LogP contribution in [0.4, 0.5) is 4.39 Å². The molecule has 2 N–H and O–H groups in total. The highest BCUT2D eigenvalue weighted by Gasteiger charge is 2.42. The summed E-state index contributed by atoms with van der Waals surface area (Å²) in [6, 6.07) is 5.39. The minimum Gasteiger partial charge on any atom is -0.326 e. The molecule has 0 bridgehead atoms. The van der Waals surface area contributed by atoms with Crippen LogP contribution in [0.25, 0.3) is 0 Å². The maximum absolute atomic E-state index is 14.0. The molecule has 1 heterocycles. The van der Waals surface area contributed by atoms with E-state index in [1.165, 1.54) is 18.9 Å². The van der Waals surface area contributed by atoms with Crippen LogP contribution >= 0.6 is 11.6 Å². The van der Waals surface area contributed by atoms with Crippen LogP contribution in [0.15, 0.2) is 18.2 Å². The van der Waals surface area contributed by atoms with E-state index in [0.717, 1.165) is 13.0 Å². The standard InChI is InChI=1S/C13H16ClFN2/c14-9-2-1-3-10(15)12(9)13-11(16)6-7-17(13)8-4-5-8/h1-3,8,11,13H,4-7,16H2. The second kappa shape index (κ2) is 4.23.